The largest absolute Gasteiger partial charge is 0.373 e. The Hall–Kier alpha value is -2.05. The maximum absolute atomic E-state index is 6.16. The van der Waals surface area contributed by atoms with Crippen molar-refractivity contribution in [3.63, 3.8) is 0 Å². The third-order valence-corrected chi connectivity index (χ3v) is 4.50. The van der Waals surface area contributed by atoms with Gasteiger partial charge in [-0.15, -0.1) is 0 Å². The molecule has 2 aromatic heterocycles. The van der Waals surface area contributed by atoms with Crippen LogP contribution in [0.3, 0.4) is 0 Å². The van der Waals surface area contributed by atoms with Crippen LogP contribution in [-0.4, -0.2) is 46.4 Å². The molecule has 4 heterocycles. The van der Waals surface area contributed by atoms with Gasteiger partial charge in [0.1, 0.15) is 12.2 Å². The molecule has 23 heavy (non-hydrogen) atoms. The molecular weight excluding hydrogens is 292 g/mol. The normalized spacial score (nSPS) is 27.0. The molecule has 0 aromatic carbocycles. The summed E-state index contributed by atoms with van der Waals surface area (Å²) in [6.45, 7) is 2.15. The molecule has 2 aliphatic rings. The van der Waals surface area contributed by atoms with Gasteiger partial charge < -0.3 is 14.4 Å². The minimum atomic E-state index is 0.0391. The zero-order valence-electron chi connectivity index (χ0n) is 12.9. The second-order valence-electron chi connectivity index (χ2n) is 5.95. The lowest BCUT2D eigenvalue weighted by Crippen LogP contribution is -2.42. The Kier molecular flexibility index (Phi) is 4.17. The molecule has 3 atom stereocenters. The average Bonchev–Trinajstić information content (AvgIpc) is 3.01. The first-order chi connectivity index (χ1) is 11.4. The topological polar surface area (TPSA) is 60.4 Å². The van der Waals surface area contributed by atoms with Crippen LogP contribution in [0.1, 0.15) is 18.4 Å². The molecule has 0 bridgehead atoms. The van der Waals surface area contributed by atoms with E-state index in [-0.39, 0.29) is 12.2 Å². The van der Waals surface area contributed by atoms with Crippen molar-refractivity contribution < 1.29 is 9.47 Å². The summed E-state index contributed by atoms with van der Waals surface area (Å²) in [6.07, 6.45) is 9.44. The van der Waals surface area contributed by atoms with Crippen molar-refractivity contribution in [2.45, 2.75) is 37.7 Å². The highest BCUT2D eigenvalue weighted by atomic mass is 16.5. The van der Waals surface area contributed by atoms with Gasteiger partial charge in [-0.05, 0) is 36.6 Å². The summed E-state index contributed by atoms with van der Waals surface area (Å²) in [6, 6.07) is 6.10. The number of nitrogens with zero attached hydrogens (tertiary/aromatic N) is 4. The van der Waals surface area contributed by atoms with Crippen molar-refractivity contribution in [2.75, 3.05) is 18.1 Å². The predicted molar refractivity (Wildman–Crippen MR) is 85.0 cm³/mol. The summed E-state index contributed by atoms with van der Waals surface area (Å²) >= 11 is 0. The van der Waals surface area contributed by atoms with Crippen LogP contribution >= 0.6 is 0 Å². The molecule has 2 aromatic rings. The second kappa shape index (κ2) is 6.60. The van der Waals surface area contributed by atoms with Gasteiger partial charge in [-0.3, -0.25) is 4.98 Å². The molecule has 4 rings (SSSR count). The maximum atomic E-state index is 6.16. The van der Waals surface area contributed by atoms with Crippen LogP contribution in [0.25, 0.3) is 0 Å². The molecule has 0 saturated carbocycles. The van der Waals surface area contributed by atoms with Gasteiger partial charge in [0.05, 0.1) is 19.2 Å². The molecule has 0 spiro atoms. The van der Waals surface area contributed by atoms with Gasteiger partial charge in [0.2, 0.25) is 5.95 Å². The van der Waals surface area contributed by atoms with Crippen molar-refractivity contribution in [1.29, 1.82) is 0 Å². The summed E-state index contributed by atoms with van der Waals surface area (Å²) < 4.78 is 12.2. The lowest BCUT2D eigenvalue weighted by Gasteiger charge is -2.32. The Morgan fingerprint density at radius 1 is 1.17 bits per heavy atom. The lowest BCUT2D eigenvalue weighted by molar-refractivity contribution is -0.0784. The first kappa shape index (κ1) is 14.5. The average molecular weight is 312 g/mol. The summed E-state index contributed by atoms with van der Waals surface area (Å²) in [5.74, 6) is 0.767. The first-order valence-electron chi connectivity index (χ1n) is 8.07. The molecule has 2 aliphatic heterocycles. The monoisotopic (exact) mass is 312 g/mol. The van der Waals surface area contributed by atoms with Crippen molar-refractivity contribution in [1.82, 2.24) is 15.0 Å². The number of aromatic nitrogens is 3. The highest BCUT2D eigenvalue weighted by Gasteiger charge is 2.45. The van der Waals surface area contributed by atoms with Gasteiger partial charge in [0.15, 0.2) is 0 Å². The van der Waals surface area contributed by atoms with Crippen LogP contribution in [0.2, 0.25) is 0 Å². The number of anilines is 1. The van der Waals surface area contributed by atoms with E-state index in [1.165, 1.54) is 0 Å². The number of fused-ring (bicyclic) bond motifs is 1. The highest BCUT2D eigenvalue weighted by Crippen LogP contribution is 2.33. The Morgan fingerprint density at radius 2 is 2.00 bits per heavy atom. The molecule has 2 fully saturated rings. The number of ether oxygens (including phenoxy) is 2. The van der Waals surface area contributed by atoms with E-state index in [2.05, 4.69) is 19.9 Å². The van der Waals surface area contributed by atoms with Crippen LogP contribution in [0.4, 0.5) is 5.95 Å². The lowest BCUT2D eigenvalue weighted by atomic mass is 10.0. The van der Waals surface area contributed by atoms with E-state index in [0.717, 1.165) is 37.5 Å². The first-order valence-corrected chi connectivity index (χ1v) is 8.07. The molecule has 0 unspecified atom stereocenters. The van der Waals surface area contributed by atoms with Gasteiger partial charge in [-0.25, -0.2) is 9.97 Å². The quantitative estimate of drug-likeness (QED) is 0.858. The third-order valence-electron chi connectivity index (χ3n) is 4.50. The Balaban J connectivity index is 1.49. The fraction of sp³-hybridized carbons (Fsp3) is 0.471. The summed E-state index contributed by atoms with van der Waals surface area (Å²) in [7, 11) is 0. The van der Waals surface area contributed by atoms with Gasteiger partial charge in [0.25, 0.3) is 0 Å². The molecule has 6 heteroatoms. The molecule has 120 valence electrons. The number of hydrogen-bond donors (Lipinski definition) is 0. The molecular formula is C17H20N4O2. The molecule has 6 nitrogen and oxygen atoms in total. The molecule has 2 saturated heterocycles. The van der Waals surface area contributed by atoms with E-state index >= 15 is 0 Å². The Labute approximate surface area is 135 Å². The molecule has 0 amide bonds. The smallest absolute Gasteiger partial charge is 0.225 e. The summed E-state index contributed by atoms with van der Waals surface area (Å²) in [4.78, 5) is 15.1. The van der Waals surface area contributed by atoms with Crippen molar-refractivity contribution in [3.8, 4) is 0 Å². The second-order valence-corrected chi connectivity index (χ2v) is 5.95. The van der Waals surface area contributed by atoms with Crippen LogP contribution in [0, 0.1) is 0 Å². The summed E-state index contributed by atoms with van der Waals surface area (Å²) in [5.41, 5.74) is 1.13. The standard InChI is InChI=1S/C17H20N4O2/c1-3-14-16(22-10-1)15(23-12-13-4-8-18-9-5-13)11-21(14)17-19-6-2-7-20-17/h2,4-9,14-16H,1,3,10-12H2/t14-,15+,16+/m0/s1. The van der Waals surface area contributed by atoms with E-state index in [4.69, 9.17) is 9.47 Å². The van der Waals surface area contributed by atoms with E-state index < -0.39 is 0 Å². The van der Waals surface area contributed by atoms with E-state index in [0.29, 0.717) is 12.6 Å². The summed E-state index contributed by atoms with van der Waals surface area (Å²) in [5, 5.41) is 0. The number of rotatable bonds is 4. The molecule has 0 aliphatic carbocycles. The fourth-order valence-corrected chi connectivity index (χ4v) is 3.41. The Bertz CT molecular complexity index is 625. The predicted octanol–water partition coefficient (Wildman–Crippen LogP) is 1.82. The van der Waals surface area contributed by atoms with E-state index in [1.807, 2.05) is 18.2 Å². The van der Waals surface area contributed by atoms with Crippen molar-refractivity contribution in [3.05, 3.63) is 48.5 Å². The minimum absolute atomic E-state index is 0.0391. The van der Waals surface area contributed by atoms with Crippen LogP contribution in [-0.2, 0) is 16.1 Å². The highest BCUT2D eigenvalue weighted by molar-refractivity contribution is 5.35. The fourth-order valence-electron chi connectivity index (χ4n) is 3.41. The van der Waals surface area contributed by atoms with Crippen LogP contribution < -0.4 is 4.90 Å². The van der Waals surface area contributed by atoms with Crippen LogP contribution in [0.5, 0.6) is 0 Å². The van der Waals surface area contributed by atoms with Gasteiger partial charge >= 0.3 is 0 Å². The minimum Gasteiger partial charge on any atom is -0.373 e. The molecule has 0 N–H and O–H groups in total. The van der Waals surface area contributed by atoms with Gasteiger partial charge in [-0.1, -0.05) is 0 Å². The number of pyridine rings is 1. The number of hydrogen-bond acceptors (Lipinski definition) is 6. The van der Waals surface area contributed by atoms with Gasteiger partial charge in [-0.2, -0.15) is 0 Å². The third kappa shape index (κ3) is 3.04. The zero-order chi connectivity index (χ0) is 15.5. The maximum Gasteiger partial charge on any atom is 0.225 e. The van der Waals surface area contributed by atoms with Crippen molar-refractivity contribution >= 4 is 5.95 Å². The zero-order valence-corrected chi connectivity index (χ0v) is 12.9. The van der Waals surface area contributed by atoms with Gasteiger partial charge in [0, 0.05) is 31.4 Å². The van der Waals surface area contributed by atoms with Crippen molar-refractivity contribution in [2.24, 2.45) is 0 Å². The van der Waals surface area contributed by atoms with E-state index in [1.54, 1.807) is 24.8 Å². The Morgan fingerprint density at radius 3 is 2.83 bits per heavy atom. The van der Waals surface area contributed by atoms with Crippen LogP contribution in [0.15, 0.2) is 43.0 Å². The van der Waals surface area contributed by atoms with E-state index in [9.17, 15) is 0 Å². The SMILES string of the molecule is c1cnc(N2C[C@@H](OCc3ccncc3)[C@@H]3OCCC[C@@H]32)nc1. The molecule has 0 radical (unpaired) electrons.